The molecule has 0 N–H and O–H groups in total. The second kappa shape index (κ2) is 9.99. The van der Waals surface area contributed by atoms with Crippen LogP contribution in [0, 0.1) is 26.0 Å². The first-order valence-corrected chi connectivity index (χ1v) is 11.1. The van der Waals surface area contributed by atoms with E-state index in [0.717, 1.165) is 11.8 Å². The van der Waals surface area contributed by atoms with Crippen molar-refractivity contribution in [3.8, 4) is 5.75 Å². The van der Waals surface area contributed by atoms with E-state index in [0.29, 0.717) is 11.3 Å². The summed E-state index contributed by atoms with van der Waals surface area (Å²) in [6.07, 6.45) is 1.44. The fourth-order valence-corrected chi connectivity index (χ4v) is 4.48. The van der Waals surface area contributed by atoms with E-state index in [1.165, 1.54) is 65.6 Å². The lowest BCUT2D eigenvalue weighted by molar-refractivity contribution is -0.385. The Hall–Kier alpha value is -4.16. The molecule has 0 atom stereocenters. The predicted molar refractivity (Wildman–Crippen MR) is 133 cm³/mol. The molecule has 9 nitrogen and oxygen atoms in total. The van der Waals surface area contributed by atoms with Gasteiger partial charge in [0.1, 0.15) is 18.2 Å². The van der Waals surface area contributed by atoms with Crippen LogP contribution in [0.15, 0.2) is 71.6 Å². The first kappa shape index (κ1) is 24.0. The summed E-state index contributed by atoms with van der Waals surface area (Å²) < 4.78 is 19.1. The minimum Gasteiger partial charge on any atom is -0.488 e. The van der Waals surface area contributed by atoms with Gasteiger partial charge in [-0.3, -0.25) is 29.9 Å². The second-order valence-electron chi connectivity index (χ2n) is 7.19. The SMILES string of the molecule is O=C1/C(=C\c2cc([N+](=O)[O-])ccc2OCc2ccc(F)cc2)SC(=S)N1c1ccc([N+](=O)[O-])cc1. The van der Waals surface area contributed by atoms with Gasteiger partial charge in [0, 0.05) is 29.8 Å². The lowest BCUT2D eigenvalue weighted by atomic mass is 10.1. The van der Waals surface area contributed by atoms with Gasteiger partial charge in [0.15, 0.2) is 4.32 Å². The van der Waals surface area contributed by atoms with Crippen LogP contribution in [0.4, 0.5) is 21.5 Å². The van der Waals surface area contributed by atoms with E-state index in [-0.39, 0.29) is 44.3 Å². The molecule has 1 aliphatic heterocycles. The molecule has 35 heavy (non-hydrogen) atoms. The Kier molecular flexibility index (Phi) is 6.85. The quantitative estimate of drug-likeness (QED) is 0.174. The minimum atomic E-state index is -0.566. The number of non-ortho nitro benzene ring substituents is 2. The number of carbonyl (C=O) groups is 1. The predicted octanol–water partition coefficient (Wildman–Crippen LogP) is 5.63. The third-order valence-corrected chi connectivity index (χ3v) is 6.21. The number of nitro benzene ring substituents is 2. The summed E-state index contributed by atoms with van der Waals surface area (Å²) in [7, 11) is 0. The number of nitrogens with zero attached hydrogens (tertiary/aromatic N) is 3. The van der Waals surface area contributed by atoms with Crippen molar-refractivity contribution in [2.24, 2.45) is 0 Å². The molecule has 0 radical (unpaired) electrons. The van der Waals surface area contributed by atoms with E-state index in [9.17, 15) is 29.4 Å². The minimum absolute atomic E-state index is 0.0721. The molecule has 0 unspecified atom stereocenters. The molecule has 1 fully saturated rings. The molecule has 12 heteroatoms. The van der Waals surface area contributed by atoms with Crippen LogP contribution >= 0.6 is 24.0 Å². The molecule has 0 aliphatic carbocycles. The number of ether oxygens (including phenoxy) is 1. The van der Waals surface area contributed by atoms with Crippen LogP contribution in [0.5, 0.6) is 5.75 Å². The van der Waals surface area contributed by atoms with Gasteiger partial charge >= 0.3 is 0 Å². The number of carbonyl (C=O) groups excluding carboxylic acids is 1. The standard InChI is InChI=1S/C23H14FN3O6S2/c24-16-3-1-14(2-4-16)13-33-20-10-9-19(27(31)32)11-15(20)12-21-22(28)25(23(34)35-21)17-5-7-18(8-6-17)26(29)30/h1-12H,13H2/b21-12+. The monoisotopic (exact) mass is 511 g/mol. The van der Waals surface area contributed by atoms with Crippen molar-refractivity contribution >= 4 is 57.3 Å². The smallest absolute Gasteiger partial charge is 0.270 e. The Labute approximate surface area is 207 Å². The Balaban J connectivity index is 1.63. The molecule has 1 aliphatic rings. The largest absolute Gasteiger partial charge is 0.488 e. The van der Waals surface area contributed by atoms with Crippen molar-refractivity contribution in [3.63, 3.8) is 0 Å². The van der Waals surface area contributed by atoms with Gasteiger partial charge in [-0.1, -0.05) is 36.1 Å². The molecule has 3 aromatic rings. The van der Waals surface area contributed by atoms with E-state index in [4.69, 9.17) is 17.0 Å². The summed E-state index contributed by atoms with van der Waals surface area (Å²) in [5, 5.41) is 22.2. The number of nitro groups is 2. The Morgan fingerprint density at radius 1 is 0.971 bits per heavy atom. The summed E-state index contributed by atoms with van der Waals surface area (Å²) >= 11 is 6.32. The van der Waals surface area contributed by atoms with Crippen LogP contribution < -0.4 is 9.64 Å². The number of anilines is 1. The third kappa shape index (κ3) is 5.34. The summed E-state index contributed by atoms with van der Waals surface area (Å²) in [5.74, 6) is -0.592. The van der Waals surface area contributed by atoms with Crippen LogP contribution in [0.3, 0.4) is 0 Å². The molecule has 1 amide bonds. The highest BCUT2D eigenvalue weighted by Crippen LogP contribution is 2.38. The van der Waals surface area contributed by atoms with Gasteiger partial charge < -0.3 is 4.74 Å². The molecule has 3 aromatic carbocycles. The van der Waals surface area contributed by atoms with Gasteiger partial charge in [0.2, 0.25) is 0 Å². The van der Waals surface area contributed by atoms with Gasteiger partial charge in [-0.05, 0) is 42.0 Å². The maximum absolute atomic E-state index is 13.1. The van der Waals surface area contributed by atoms with Crippen LogP contribution in [0.1, 0.15) is 11.1 Å². The Bertz CT molecular complexity index is 1380. The normalized spacial score (nSPS) is 14.4. The fraction of sp³-hybridized carbons (Fsp3) is 0.0435. The maximum Gasteiger partial charge on any atom is 0.270 e. The van der Waals surface area contributed by atoms with Crippen LogP contribution in [-0.4, -0.2) is 20.1 Å². The number of thioether (sulfide) groups is 1. The van der Waals surface area contributed by atoms with Crippen molar-refractivity contribution in [1.82, 2.24) is 0 Å². The highest BCUT2D eigenvalue weighted by Gasteiger charge is 2.34. The zero-order valence-electron chi connectivity index (χ0n) is 17.6. The Morgan fingerprint density at radius 2 is 1.60 bits per heavy atom. The van der Waals surface area contributed by atoms with Crippen LogP contribution in [0.2, 0.25) is 0 Å². The highest BCUT2D eigenvalue weighted by molar-refractivity contribution is 8.27. The van der Waals surface area contributed by atoms with Crippen molar-refractivity contribution in [1.29, 1.82) is 0 Å². The van der Waals surface area contributed by atoms with Gasteiger partial charge in [-0.15, -0.1) is 0 Å². The molecule has 4 rings (SSSR count). The van der Waals surface area contributed by atoms with Crippen molar-refractivity contribution in [2.75, 3.05) is 4.90 Å². The van der Waals surface area contributed by atoms with Gasteiger partial charge in [0.25, 0.3) is 17.3 Å². The lowest BCUT2D eigenvalue weighted by Crippen LogP contribution is -2.27. The molecular weight excluding hydrogens is 497 g/mol. The molecule has 0 saturated carbocycles. The molecular formula is C23H14FN3O6S2. The highest BCUT2D eigenvalue weighted by atomic mass is 32.2. The van der Waals surface area contributed by atoms with Crippen LogP contribution in [-0.2, 0) is 11.4 Å². The van der Waals surface area contributed by atoms with E-state index in [1.807, 2.05) is 0 Å². The van der Waals surface area contributed by atoms with E-state index < -0.39 is 15.8 Å². The first-order valence-electron chi connectivity index (χ1n) is 9.91. The number of hydrogen-bond donors (Lipinski definition) is 0. The number of halogens is 1. The zero-order chi connectivity index (χ0) is 25.1. The lowest BCUT2D eigenvalue weighted by Gasteiger charge is -2.14. The van der Waals surface area contributed by atoms with E-state index in [2.05, 4.69) is 0 Å². The van der Waals surface area contributed by atoms with Crippen molar-refractivity contribution in [3.05, 3.63) is 109 Å². The van der Waals surface area contributed by atoms with Crippen molar-refractivity contribution < 1.29 is 23.8 Å². The molecule has 1 heterocycles. The van der Waals surface area contributed by atoms with E-state index in [1.54, 1.807) is 12.1 Å². The third-order valence-electron chi connectivity index (χ3n) is 4.91. The number of amides is 1. The van der Waals surface area contributed by atoms with Crippen molar-refractivity contribution in [2.45, 2.75) is 6.61 Å². The maximum atomic E-state index is 13.1. The number of rotatable bonds is 7. The Morgan fingerprint density at radius 3 is 2.23 bits per heavy atom. The van der Waals surface area contributed by atoms with Gasteiger partial charge in [0.05, 0.1) is 20.4 Å². The first-order chi connectivity index (χ1) is 16.7. The molecule has 0 aromatic heterocycles. The summed E-state index contributed by atoms with van der Waals surface area (Å²) in [4.78, 5) is 35.6. The number of hydrogen-bond acceptors (Lipinski definition) is 8. The van der Waals surface area contributed by atoms with Crippen LogP contribution in [0.25, 0.3) is 6.08 Å². The molecule has 176 valence electrons. The second-order valence-corrected chi connectivity index (χ2v) is 8.86. The number of benzene rings is 3. The van der Waals surface area contributed by atoms with Gasteiger partial charge in [-0.2, -0.15) is 0 Å². The summed E-state index contributed by atoms with van der Waals surface area (Å²) in [6, 6.07) is 15.0. The fourth-order valence-electron chi connectivity index (χ4n) is 3.19. The number of thiocarbonyl (C=S) groups is 1. The summed E-state index contributed by atoms with van der Waals surface area (Å²) in [6.45, 7) is 0.0721. The van der Waals surface area contributed by atoms with E-state index >= 15 is 0 Å². The average molecular weight is 512 g/mol. The topological polar surface area (TPSA) is 116 Å². The molecule has 1 saturated heterocycles. The summed E-state index contributed by atoms with van der Waals surface area (Å²) in [5.41, 5.74) is 0.990. The molecule has 0 spiro atoms. The average Bonchev–Trinajstić information content (AvgIpc) is 3.11. The van der Waals surface area contributed by atoms with Gasteiger partial charge in [-0.25, -0.2) is 4.39 Å². The molecule has 0 bridgehead atoms. The zero-order valence-corrected chi connectivity index (χ0v) is 19.3.